The predicted molar refractivity (Wildman–Crippen MR) is 225 cm³/mol. The molecule has 0 spiro atoms. The molecule has 2 aromatic heterocycles. The lowest BCUT2D eigenvalue weighted by Gasteiger charge is -2.25. The first-order valence-corrected chi connectivity index (χ1v) is 22.1. The number of carbonyl (C=O) groups is 2. The molecule has 0 aliphatic rings. The first-order chi connectivity index (χ1) is 33.3. The van der Waals surface area contributed by atoms with Gasteiger partial charge in [-0.25, -0.2) is 42.7 Å². The van der Waals surface area contributed by atoms with E-state index in [-0.39, 0.29) is 98.0 Å². The number of nitrogens with zero attached hydrogens (tertiary/aromatic N) is 8. The van der Waals surface area contributed by atoms with E-state index in [1.54, 1.807) is 32.0 Å². The number of carbonyl (C=O) groups excluding carboxylic acids is 2. The Morgan fingerprint density at radius 3 is 1.80 bits per heavy atom. The number of hydrogen-bond acceptors (Lipinski definition) is 29. The Morgan fingerprint density at radius 2 is 1.26 bits per heavy atom. The van der Waals surface area contributed by atoms with Gasteiger partial charge in [-0.1, -0.05) is 38.1 Å². The molecule has 2 unspecified atom stereocenters. The number of nitrogens with one attached hydrogen (secondary N) is 1. The van der Waals surface area contributed by atoms with Gasteiger partial charge in [-0.3, -0.25) is 56.0 Å². The molecular formula is C39H53N9O21S. The van der Waals surface area contributed by atoms with Crippen LogP contribution in [0.3, 0.4) is 0 Å². The van der Waals surface area contributed by atoms with Gasteiger partial charge in [0.15, 0.2) is 23.1 Å². The van der Waals surface area contributed by atoms with E-state index in [9.17, 15) is 18.0 Å². The summed E-state index contributed by atoms with van der Waals surface area (Å²) in [6.45, 7) is 1.63. The highest BCUT2D eigenvalue weighted by atomic mass is 32.2. The number of hydrogen-bond donors (Lipinski definition) is 9. The summed E-state index contributed by atoms with van der Waals surface area (Å²) >= 11 is 0. The lowest BCUT2D eigenvalue weighted by atomic mass is 9.86. The maximum absolute atomic E-state index is 14.1. The lowest BCUT2D eigenvalue weighted by molar-refractivity contribution is -0.527. The standard InChI is InChI=1S/C39H53N9O21S/c1-39(2,25-64-33(50)14-7-10-28(69-48(57)58)24-66-46(53)54)26-15-17-29(18-16-26)70(59,60)44-35-34(67-31-12-5-4-11-30(31)61-3)38(43-37(42-35)36-40-19-8-20-41-36)63-22-21-62-32(49)13-6-9-27(68-47(55)56)23-65-45(51)52/h4-5,8,11-12,15-20,27-28,51-58H,6-7,9-10,13-14,21-25H2,1-3H3,(H,42,43,44). The van der Waals surface area contributed by atoms with E-state index in [0.717, 1.165) is 0 Å². The van der Waals surface area contributed by atoms with Gasteiger partial charge >= 0.3 is 11.9 Å². The molecule has 4 rings (SSSR count). The van der Waals surface area contributed by atoms with Gasteiger partial charge in [0, 0.05) is 30.7 Å². The Labute approximate surface area is 398 Å². The minimum absolute atomic E-state index is 0.0165. The van der Waals surface area contributed by atoms with Crippen molar-refractivity contribution in [1.29, 1.82) is 0 Å². The molecule has 0 saturated heterocycles. The summed E-state index contributed by atoms with van der Waals surface area (Å²) < 4.78 is 59.0. The number of rotatable bonds is 32. The molecule has 31 heteroatoms. The molecular weight excluding hydrogens is 963 g/mol. The normalized spacial score (nSPS) is 12.8. The fourth-order valence-electron chi connectivity index (χ4n) is 5.92. The summed E-state index contributed by atoms with van der Waals surface area (Å²) in [4.78, 5) is 60.3. The zero-order valence-electron chi connectivity index (χ0n) is 37.7. The number of ether oxygens (including phenoxy) is 5. The number of benzene rings is 2. The number of methoxy groups -OCH3 is 1. The molecule has 0 fully saturated rings. The van der Waals surface area contributed by atoms with Crippen LogP contribution in [-0.4, -0.2) is 156 Å². The Kier molecular flexibility index (Phi) is 22.7. The summed E-state index contributed by atoms with van der Waals surface area (Å²) in [6.07, 6.45) is 0.449. The second-order valence-electron chi connectivity index (χ2n) is 14.9. The SMILES string of the molecule is COc1ccccc1Oc1c(NS(=O)(=O)c2ccc(C(C)(C)COC(=O)CCCC(CON(O)O)ON(O)O)cc2)nc(-c2ncccn2)nc1OCCOC(=O)CCCC(CON(O)O)ON(O)O. The Bertz CT molecular complexity index is 2340. The average molecular weight is 1020 g/mol. The molecule has 70 heavy (non-hydrogen) atoms. The zero-order valence-corrected chi connectivity index (χ0v) is 38.5. The quantitative estimate of drug-likeness (QED) is 0.0192. The third kappa shape index (κ3) is 19.4. The average Bonchev–Trinajstić information content (AvgIpc) is 3.31. The van der Waals surface area contributed by atoms with E-state index < -0.39 is 80.2 Å². The predicted octanol–water partition coefficient (Wildman–Crippen LogP) is 3.40. The van der Waals surface area contributed by atoms with Gasteiger partial charge in [0.25, 0.3) is 15.9 Å². The molecule has 386 valence electrons. The lowest BCUT2D eigenvalue weighted by Crippen LogP contribution is -2.31. The second kappa shape index (κ2) is 28.0. The van der Waals surface area contributed by atoms with Crippen LogP contribution in [0, 0.1) is 0 Å². The van der Waals surface area contributed by atoms with Crippen molar-refractivity contribution in [2.45, 2.75) is 74.9 Å². The van der Waals surface area contributed by atoms with E-state index in [4.69, 9.17) is 65.3 Å². The van der Waals surface area contributed by atoms with Gasteiger partial charge in [0.05, 0.1) is 33.6 Å². The van der Waals surface area contributed by atoms with Crippen molar-refractivity contribution in [3.8, 4) is 34.8 Å². The molecule has 2 aromatic carbocycles. The van der Waals surface area contributed by atoms with E-state index in [1.165, 1.54) is 55.9 Å². The van der Waals surface area contributed by atoms with Crippen molar-refractivity contribution >= 4 is 27.8 Å². The number of esters is 2. The highest BCUT2D eigenvalue weighted by Gasteiger charge is 2.28. The first kappa shape index (κ1) is 56.6. The molecule has 0 saturated carbocycles. The fraction of sp³-hybridized carbons (Fsp3) is 0.436. The number of para-hydroxylation sites is 2. The van der Waals surface area contributed by atoms with E-state index in [1.807, 2.05) is 0 Å². The van der Waals surface area contributed by atoms with Crippen molar-refractivity contribution in [3.63, 3.8) is 0 Å². The topological polar surface area (TPSA) is 390 Å². The van der Waals surface area contributed by atoms with E-state index >= 15 is 0 Å². The van der Waals surface area contributed by atoms with Crippen molar-refractivity contribution in [2.24, 2.45) is 0 Å². The summed E-state index contributed by atoms with van der Waals surface area (Å²) in [5, 5.41) is 68.4. The fourth-order valence-corrected chi connectivity index (χ4v) is 6.92. The molecule has 0 aliphatic heterocycles. The van der Waals surface area contributed by atoms with Crippen LogP contribution in [0.1, 0.15) is 57.9 Å². The molecule has 30 nitrogen and oxygen atoms in total. The molecule has 0 amide bonds. The molecule has 0 radical (unpaired) electrons. The molecule has 4 aromatic rings. The Balaban J connectivity index is 1.52. The van der Waals surface area contributed by atoms with Crippen LogP contribution in [-0.2, 0) is 53.9 Å². The van der Waals surface area contributed by atoms with Crippen molar-refractivity contribution in [2.75, 3.05) is 44.9 Å². The maximum Gasteiger partial charge on any atom is 0.305 e. The van der Waals surface area contributed by atoms with Crippen molar-refractivity contribution < 1.29 is 103 Å². The molecule has 0 aliphatic carbocycles. The Morgan fingerprint density at radius 1 is 0.700 bits per heavy atom. The minimum Gasteiger partial charge on any atom is -0.493 e. The van der Waals surface area contributed by atoms with Crippen molar-refractivity contribution in [3.05, 3.63) is 72.6 Å². The minimum atomic E-state index is -4.51. The van der Waals surface area contributed by atoms with E-state index in [2.05, 4.69) is 44.0 Å². The van der Waals surface area contributed by atoms with Crippen LogP contribution < -0.4 is 18.9 Å². The smallest absolute Gasteiger partial charge is 0.305 e. The largest absolute Gasteiger partial charge is 0.493 e. The van der Waals surface area contributed by atoms with Crippen LogP contribution in [0.25, 0.3) is 11.6 Å². The van der Waals surface area contributed by atoms with Gasteiger partial charge in [-0.15, -0.1) is 0 Å². The number of aromatic nitrogens is 4. The van der Waals surface area contributed by atoms with Crippen molar-refractivity contribution in [1.82, 2.24) is 41.5 Å². The summed E-state index contributed by atoms with van der Waals surface area (Å²) in [5.41, 5.74) is -0.250. The van der Waals surface area contributed by atoms with Gasteiger partial charge in [0.1, 0.15) is 45.2 Å². The third-order valence-corrected chi connectivity index (χ3v) is 10.6. The molecule has 0 bridgehead atoms. The van der Waals surface area contributed by atoms with Crippen LogP contribution in [0.15, 0.2) is 71.9 Å². The van der Waals surface area contributed by atoms with E-state index in [0.29, 0.717) is 5.56 Å². The summed E-state index contributed by atoms with van der Waals surface area (Å²) in [6, 6.07) is 13.6. The summed E-state index contributed by atoms with van der Waals surface area (Å²) in [5.74, 6) is -2.36. The highest BCUT2D eigenvalue weighted by Crippen LogP contribution is 2.41. The van der Waals surface area contributed by atoms with Crippen LogP contribution in [0.2, 0.25) is 0 Å². The number of anilines is 1. The number of sulfonamides is 1. The van der Waals surface area contributed by atoms with Crippen LogP contribution >= 0.6 is 0 Å². The maximum atomic E-state index is 14.1. The third-order valence-electron chi connectivity index (χ3n) is 9.29. The molecule has 9 N–H and O–H groups in total. The van der Waals surface area contributed by atoms with Gasteiger partial charge in [-0.2, -0.15) is 4.98 Å². The van der Waals surface area contributed by atoms with Gasteiger partial charge in [0.2, 0.25) is 11.6 Å². The van der Waals surface area contributed by atoms with Gasteiger partial charge in [-0.05, 0) is 61.6 Å². The van der Waals surface area contributed by atoms with Crippen LogP contribution in [0.4, 0.5) is 5.82 Å². The van der Waals surface area contributed by atoms with Crippen LogP contribution in [0.5, 0.6) is 23.1 Å². The highest BCUT2D eigenvalue weighted by molar-refractivity contribution is 7.92. The summed E-state index contributed by atoms with van der Waals surface area (Å²) in [7, 11) is -3.12. The second-order valence-corrected chi connectivity index (χ2v) is 16.6. The Hall–Kier alpha value is -5.95. The zero-order chi connectivity index (χ0) is 51.3. The molecule has 2 atom stereocenters. The monoisotopic (exact) mass is 1020 g/mol. The first-order valence-electron chi connectivity index (χ1n) is 20.6. The molecule has 2 heterocycles. The van der Waals surface area contributed by atoms with Gasteiger partial charge < -0.3 is 23.7 Å².